The van der Waals surface area contributed by atoms with Crippen LogP contribution in [0.25, 0.3) is 0 Å². The number of nitrogens with two attached hydrogens (primary N) is 1. The third kappa shape index (κ3) is 10.2. The van der Waals surface area contributed by atoms with Crippen molar-refractivity contribution in [1.82, 2.24) is 0 Å². The largest absolute Gasteiger partial charge is 0.403 e. The molecule has 5 nitrogen and oxygen atoms in total. The molecule has 0 fully saturated rings. The summed E-state index contributed by atoms with van der Waals surface area (Å²) >= 11 is 0. The van der Waals surface area contributed by atoms with Crippen LogP contribution in [0.2, 0.25) is 0 Å². The Morgan fingerprint density at radius 2 is 0.619 bits per heavy atom. The van der Waals surface area contributed by atoms with Gasteiger partial charge in [0.2, 0.25) is 0 Å². The van der Waals surface area contributed by atoms with Gasteiger partial charge in [0, 0.05) is 68.8 Å². The lowest BCUT2D eigenvalue weighted by atomic mass is 10.1. The fraction of sp³-hybridized carbons (Fsp3) is 0.103. The number of hydrogen-bond acceptors (Lipinski definition) is 5. The molecule has 0 saturated carbocycles. The van der Waals surface area contributed by atoms with Gasteiger partial charge in [0.05, 0.1) is 5.70 Å². The highest BCUT2D eigenvalue weighted by Gasteiger charge is 2.20. The van der Waals surface area contributed by atoms with Crippen molar-refractivity contribution >= 4 is 62.6 Å². The summed E-state index contributed by atoms with van der Waals surface area (Å²) in [5, 5.41) is 0. The highest BCUT2D eigenvalue weighted by atomic mass is 15.2. The number of benzene rings is 8. The van der Waals surface area contributed by atoms with E-state index in [-0.39, 0.29) is 0 Å². The van der Waals surface area contributed by atoms with Gasteiger partial charge in [-0.15, -0.1) is 0 Å². The normalized spacial score (nSPS) is 10.9. The Morgan fingerprint density at radius 1 is 0.349 bits per heavy atom. The van der Waals surface area contributed by atoms with Crippen LogP contribution in [0.15, 0.2) is 236 Å². The Kier molecular flexibility index (Phi) is 14.2. The summed E-state index contributed by atoms with van der Waals surface area (Å²) < 4.78 is 0. The molecule has 0 amide bonds. The van der Waals surface area contributed by atoms with E-state index in [0.717, 1.165) is 73.8 Å². The van der Waals surface area contributed by atoms with Gasteiger partial charge in [0.15, 0.2) is 0 Å². The predicted molar refractivity (Wildman–Crippen MR) is 272 cm³/mol. The van der Waals surface area contributed by atoms with E-state index < -0.39 is 0 Å². The number of rotatable bonds is 13. The van der Waals surface area contributed by atoms with Gasteiger partial charge in [0.25, 0.3) is 0 Å². The molecule has 0 aromatic heterocycles. The van der Waals surface area contributed by atoms with Gasteiger partial charge in [-0.05, 0) is 178 Å². The Hall–Kier alpha value is -7.76. The Balaban J connectivity index is 0.00000293. The van der Waals surface area contributed by atoms with Crippen molar-refractivity contribution in [3.8, 4) is 0 Å². The molecule has 8 rings (SSSR count). The number of aryl methyl sites for hydroxylation is 2. The molecule has 8 aromatic carbocycles. The predicted octanol–water partition coefficient (Wildman–Crippen LogP) is 16.6. The molecule has 0 aliphatic heterocycles. The van der Waals surface area contributed by atoms with E-state index >= 15 is 0 Å². The van der Waals surface area contributed by atoms with Crippen LogP contribution in [0.1, 0.15) is 38.8 Å². The first kappa shape index (κ1) is 43.3. The van der Waals surface area contributed by atoms with E-state index in [1.807, 2.05) is 19.9 Å². The average molecular weight is 824 g/mol. The molecule has 0 bridgehead atoms. The third-order valence-corrected chi connectivity index (χ3v) is 10.5. The minimum Gasteiger partial charge on any atom is -0.403 e. The Labute approximate surface area is 374 Å². The molecular weight excluding hydrogens is 767 g/mol. The summed E-state index contributed by atoms with van der Waals surface area (Å²) in [4.78, 5) is 9.12. The zero-order chi connectivity index (χ0) is 44.1. The number of allylic oxidation sites excluding steroid dienone is 2. The molecule has 0 atom stereocenters. The summed E-state index contributed by atoms with van der Waals surface area (Å²) in [6.45, 7) is 12.4. The maximum Gasteiger partial charge on any atom is 0.0615 e. The standard InChI is InChI=1S/C56H51N5.C2H6/c1-42(2)38-56(41-57)61(47-22-12-7-13-23-47)53-36-30-50(31-37-53)58(48-26-32-51(33-27-48)59(45-18-8-5-9-19-45)54-24-14-16-43(3)39-54)49-28-34-52(35-29-49)60(46-20-10-6-11-21-46)55-25-15-17-44(4)40-55;1-2/h5-41H,57H2,1-4H3;1-2H3/b56-41+;. The van der Waals surface area contributed by atoms with Crippen LogP contribution in [0.5, 0.6) is 0 Å². The molecule has 63 heavy (non-hydrogen) atoms. The summed E-state index contributed by atoms with van der Waals surface area (Å²) in [7, 11) is 0. The van der Waals surface area contributed by atoms with Crippen molar-refractivity contribution in [1.29, 1.82) is 0 Å². The van der Waals surface area contributed by atoms with Crippen molar-refractivity contribution in [2.24, 2.45) is 5.73 Å². The summed E-state index contributed by atoms with van der Waals surface area (Å²) in [6, 6.07) is 75.2. The number of nitrogens with zero attached hydrogens (tertiary/aromatic N) is 4. The smallest absolute Gasteiger partial charge is 0.0615 e. The van der Waals surface area contributed by atoms with Crippen molar-refractivity contribution in [3.05, 3.63) is 247 Å². The van der Waals surface area contributed by atoms with E-state index in [0.29, 0.717) is 0 Å². The van der Waals surface area contributed by atoms with Gasteiger partial charge in [-0.3, -0.25) is 0 Å². The van der Waals surface area contributed by atoms with Gasteiger partial charge in [-0.2, -0.15) is 0 Å². The average Bonchev–Trinajstić information content (AvgIpc) is 3.32. The van der Waals surface area contributed by atoms with Crippen molar-refractivity contribution in [3.63, 3.8) is 0 Å². The summed E-state index contributed by atoms with van der Waals surface area (Å²) in [5.41, 5.74) is 22.5. The SMILES string of the molecule is CC.CC(C)=C/C(=C\N)N(c1ccccc1)c1ccc(N(c2ccc(N(c3ccccc3)c3cccc(C)c3)cc2)c2ccc(N(c3ccccc3)c3cccc(C)c3)cc2)cc1. The molecule has 0 saturated heterocycles. The van der Waals surface area contributed by atoms with E-state index in [2.05, 4.69) is 260 Å². The maximum atomic E-state index is 6.29. The number of hydrogen-bond donors (Lipinski definition) is 1. The van der Waals surface area contributed by atoms with Crippen LogP contribution in [-0.2, 0) is 0 Å². The first-order valence-corrected chi connectivity index (χ1v) is 21.7. The molecule has 2 N–H and O–H groups in total. The number of para-hydroxylation sites is 3. The van der Waals surface area contributed by atoms with Crippen LogP contribution in [0, 0.1) is 13.8 Å². The minimum atomic E-state index is 0.898. The quantitative estimate of drug-likeness (QED) is 0.117. The molecule has 0 aliphatic carbocycles. The van der Waals surface area contributed by atoms with Gasteiger partial charge in [0.1, 0.15) is 0 Å². The highest BCUT2D eigenvalue weighted by molar-refractivity contribution is 5.84. The highest BCUT2D eigenvalue weighted by Crippen LogP contribution is 2.42. The van der Waals surface area contributed by atoms with E-state index in [1.54, 1.807) is 6.20 Å². The maximum absolute atomic E-state index is 6.29. The van der Waals surface area contributed by atoms with Crippen LogP contribution in [0.3, 0.4) is 0 Å². The van der Waals surface area contributed by atoms with E-state index in [4.69, 9.17) is 5.73 Å². The second-order valence-corrected chi connectivity index (χ2v) is 15.4. The van der Waals surface area contributed by atoms with Crippen LogP contribution >= 0.6 is 0 Å². The monoisotopic (exact) mass is 823 g/mol. The first-order valence-electron chi connectivity index (χ1n) is 21.7. The topological polar surface area (TPSA) is 39.0 Å². The summed E-state index contributed by atoms with van der Waals surface area (Å²) in [5.74, 6) is 0. The van der Waals surface area contributed by atoms with Crippen LogP contribution in [0.4, 0.5) is 62.6 Å². The molecule has 0 spiro atoms. The van der Waals surface area contributed by atoms with Gasteiger partial charge < -0.3 is 25.3 Å². The second-order valence-electron chi connectivity index (χ2n) is 15.4. The second kappa shape index (κ2) is 20.7. The Bertz CT molecular complexity index is 2590. The van der Waals surface area contributed by atoms with Crippen LogP contribution in [-0.4, -0.2) is 0 Å². The number of anilines is 11. The molecule has 8 aromatic rings. The van der Waals surface area contributed by atoms with Crippen molar-refractivity contribution in [2.45, 2.75) is 41.5 Å². The molecular formula is C58H57N5. The van der Waals surface area contributed by atoms with Gasteiger partial charge in [-0.25, -0.2) is 0 Å². The van der Waals surface area contributed by atoms with Gasteiger partial charge >= 0.3 is 0 Å². The first-order chi connectivity index (χ1) is 30.9. The molecule has 314 valence electrons. The molecule has 5 heteroatoms. The minimum absolute atomic E-state index is 0.898. The third-order valence-electron chi connectivity index (χ3n) is 10.5. The van der Waals surface area contributed by atoms with Crippen LogP contribution < -0.4 is 25.3 Å². The lowest BCUT2D eigenvalue weighted by molar-refractivity contribution is 1.17. The molecule has 0 radical (unpaired) electrons. The zero-order valence-electron chi connectivity index (χ0n) is 37.2. The van der Waals surface area contributed by atoms with E-state index in [9.17, 15) is 0 Å². The fourth-order valence-electron chi connectivity index (χ4n) is 7.79. The van der Waals surface area contributed by atoms with Crippen molar-refractivity contribution < 1.29 is 0 Å². The van der Waals surface area contributed by atoms with Gasteiger partial charge in [-0.1, -0.05) is 98.3 Å². The lowest BCUT2D eigenvalue weighted by Crippen LogP contribution is -2.17. The lowest BCUT2D eigenvalue weighted by Gasteiger charge is -2.30. The summed E-state index contributed by atoms with van der Waals surface area (Å²) in [6.07, 6.45) is 3.79. The molecule has 0 aliphatic rings. The molecule has 0 heterocycles. The van der Waals surface area contributed by atoms with E-state index in [1.165, 1.54) is 11.1 Å². The Morgan fingerprint density at radius 3 is 0.937 bits per heavy atom. The molecule has 0 unspecified atom stereocenters. The van der Waals surface area contributed by atoms with Crippen molar-refractivity contribution in [2.75, 3.05) is 19.6 Å². The zero-order valence-corrected chi connectivity index (χ0v) is 37.2. The fourth-order valence-corrected chi connectivity index (χ4v) is 7.79.